The standard InChI is InChI=1S/C25H39N3O6S/c1-8-33-20(29)12-13-26-22(30)21(18-11-9-10-17(4)14-18)28(16(2)3)23(31)19(15-35)27-24(32)34-25(5,6)7/h9-11,14,16,19,21,35H,8,12-13,15H2,1-7H3,(H,26,30)(H,27,32). The van der Waals surface area contributed by atoms with Crippen molar-refractivity contribution in [3.05, 3.63) is 35.4 Å². The number of esters is 1. The van der Waals surface area contributed by atoms with Gasteiger partial charge in [-0.1, -0.05) is 29.8 Å². The zero-order valence-electron chi connectivity index (χ0n) is 21.7. The molecule has 0 saturated heterocycles. The van der Waals surface area contributed by atoms with Crippen molar-refractivity contribution in [1.82, 2.24) is 15.5 Å². The number of ether oxygens (including phenoxy) is 2. The van der Waals surface area contributed by atoms with Crippen LogP contribution >= 0.6 is 12.6 Å². The van der Waals surface area contributed by atoms with Gasteiger partial charge in [0, 0.05) is 18.3 Å². The molecule has 0 aliphatic rings. The molecule has 35 heavy (non-hydrogen) atoms. The van der Waals surface area contributed by atoms with Gasteiger partial charge in [0.1, 0.15) is 17.7 Å². The summed E-state index contributed by atoms with van der Waals surface area (Å²) in [6.45, 7) is 12.7. The molecule has 2 unspecified atom stereocenters. The highest BCUT2D eigenvalue weighted by atomic mass is 32.1. The summed E-state index contributed by atoms with van der Waals surface area (Å²) in [7, 11) is 0. The minimum absolute atomic E-state index is 0.00626. The van der Waals surface area contributed by atoms with Gasteiger partial charge in [-0.25, -0.2) is 4.79 Å². The predicted molar refractivity (Wildman–Crippen MR) is 137 cm³/mol. The lowest BCUT2D eigenvalue weighted by atomic mass is 9.99. The van der Waals surface area contributed by atoms with Crippen LogP contribution in [0.15, 0.2) is 24.3 Å². The maximum atomic E-state index is 13.6. The second-order valence-electron chi connectivity index (χ2n) is 9.38. The molecule has 9 nitrogen and oxygen atoms in total. The average Bonchev–Trinajstić information content (AvgIpc) is 2.73. The van der Waals surface area contributed by atoms with Crippen LogP contribution in [-0.4, -0.2) is 65.4 Å². The molecule has 10 heteroatoms. The van der Waals surface area contributed by atoms with E-state index in [4.69, 9.17) is 9.47 Å². The number of hydrogen-bond acceptors (Lipinski definition) is 7. The maximum Gasteiger partial charge on any atom is 0.408 e. The van der Waals surface area contributed by atoms with E-state index >= 15 is 0 Å². The second kappa shape index (κ2) is 14.0. The molecule has 0 aliphatic carbocycles. The zero-order valence-corrected chi connectivity index (χ0v) is 22.6. The smallest absolute Gasteiger partial charge is 0.408 e. The lowest BCUT2D eigenvalue weighted by molar-refractivity contribution is -0.145. The molecule has 0 aliphatic heterocycles. The molecule has 196 valence electrons. The highest BCUT2D eigenvalue weighted by Crippen LogP contribution is 2.26. The Hall–Kier alpha value is -2.75. The quantitative estimate of drug-likeness (QED) is 0.312. The molecule has 3 amide bonds. The molecule has 1 aromatic rings. The minimum atomic E-state index is -1.02. The van der Waals surface area contributed by atoms with Gasteiger partial charge in [0.2, 0.25) is 11.8 Å². The molecule has 2 atom stereocenters. The van der Waals surface area contributed by atoms with Gasteiger partial charge in [0.25, 0.3) is 0 Å². The number of nitrogens with one attached hydrogen (secondary N) is 2. The fourth-order valence-electron chi connectivity index (χ4n) is 3.39. The Morgan fingerprint density at radius 3 is 2.31 bits per heavy atom. The van der Waals surface area contributed by atoms with E-state index < -0.39 is 47.6 Å². The van der Waals surface area contributed by atoms with Crippen molar-refractivity contribution in [2.24, 2.45) is 0 Å². The van der Waals surface area contributed by atoms with E-state index in [1.807, 2.05) is 25.1 Å². The van der Waals surface area contributed by atoms with Crippen molar-refractivity contribution < 1.29 is 28.7 Å². The molecular weight excluding hydrogens is 470 g/mol. The van der Waals surface area contributed by atoms with E-state index in [9.17, 15) is 19.2 Å². The highest BCUT2D eigenvalue weighted by molar-refractivity contribution is 7.80. The molecule has 0 saturated carbocycles. The summed E-state index contributed by atoms with van der Waals surface area (Å²) in [4.78, 5) is 52.5. The fourth-order valence-corrected chi connectivity index (χ4v) is 3.64. The lowest BCUT2D eigenvalue weighted by Gasteiger charge is -2.37. The van der Waals surface area contributed by atoms with Crippen molar-refractivity contribution in [3.63, 3.8) is 0 Å². The summed E-state index contributed by atoms with van der Waals surface area (Å²) < 4.78 is 10.2. The van der Waals surface area contributed by atoms with Crippen molar-refractivity contribution in [3.8, 4) is 0 Å². The summed E-state index contributed by atoms with van der Waals surface area (Å²) in [5.41, 5.74) is 0.783. The van der Waals surface area contributed by atoms with Crippen molar-refractivity contribution in [2.75, 3.05) is 18.9 Å². The number of benzene rings is 1. The Kier molecular flexibility index (Phi) is 12.1. The topological polar surface area (TPSA) is 114 Å². The van der Waals surface area contributed by atoms with Crippen molar-refractivity contribution >= 4 is 36.5 Å². The Morgan fingerprint density at radius 1 is 1.14 bits per heavy atom. The van der Waals surface area contributed by atoms with E-state index in [1.54, 1.807) is 47.6 Å². The number of aryl methyl sites for hydroxylation is 1. The summed E-state index contributed by atoms with van der Waals surface area (Å²) >= 11 is 4.26. The number of alkyl carbamates (subject to hydrolysis) is 1. The number of nitrogens with zero attached hydrogens (tertiary/aromatic N) is 1. The summed E-state index contributed by atoms with van der Waals surface area (Å²) in [6.07, 6.45) is -0.741. The van der Waals surface area contributed by atoms with Crippen molar-refractivity contribution in [1.29, 1.82) is 0 Å². The molecule has 0 fully saturated rings. The number of thiol groups is 1. The third-order valence-electron chi connectivity index (χ3n) is 4.80. The maximum absolute atomic E-state index is 13.6. The fraction of sp³-hybridized carbons (Fsp3) is 0.600. The number of hydrogen-bond donors (Lipinski definition) is 3. The first-order valence-electron chi connectivity index (χ1n) is 11.7. The van der Waals surface area contributed by atoms with Crippen LogP contribution in [0.5, 0.6) is 0 Å². The number of amides is 3. The van der Waals surface area contributed by atoms with Gasteiger partial charge in [-0.3, -0.25) is 14.4 Å². The number of carbonyl (C=O) groups excluding carboxylic acids is 4. The first-order chi connectivity index (χ1) is 16.3. The van der Waals surface area contributed by atoms with E-state index in [0.29, 0.717) is 5.56 Å². The molecule has 1 rings (SSSR count). The second-order valence-corrected chi connectivity index (χ2v) is 9.75. The molecule has 1 aromatic carbocycles. The molecular formula is C25H39N3O6S. The number of carbonyl (C=O) groups is 4. The summed E-state index contributed by atoms with van der Waals surface area (Å²) in [6, 6.07) is 4.88. The van der Waals surface area contributed by atoms with Gasteiger partial charge in [-0.05, 0) is 54.0 Å². The lowest BCUT2D eigenvalue weighted by Crippen LogP contribution is -2.55. The van der Waals surface area contributed by atoms with Gasteiger partial charge in [0.05, 0.1) is 13.0 Å². The van der Waals surface area contributed by atoms with Gasteiger partial charge in [-0.15, -0.1) is 0 Å². The predicted octanol–water partition coefficient (Wildman–Crippen LogP) is 3.17. The normalized spacial score (nSPS) is 12.9. The summed E-state index contributed by atoms with van der Waals surface area (Å²) in [5, 5.41) is 5.31. The highest BCUT2D eigenvalue weighted by Gasteiger charge is 2.37. The molecule has 0 heterocycles. The summed E-state index contributed by atoms with van der Waals surface area (Å²) in [5.74, 6) is -1.34. The third kappa shape index (κ3) is 10.2. The van der Waals surface area contributed by atoms with Crippen LogP contribution in [0.2, 0.25) is 0 Å². The zero-order chi connectivity index (χ0) is 26.8. The number of rotatable bonds is 11. The first kappa shape index (κ1) is 30.3. The third-order valence-corrected chi connectivity index (χ3v) is 5.17. The average molecular weight is 510 g/mol. The largest absolute Gasteiger partial charge is 0.466 e. The van der Waals surface area contributed by atoms with Crippen LogP contribution in [0.3, 0.4) is 0 Å². The molecule has 0 aromatic heterocycles. The van der Waals surface area contributed by atoms with E-state index in [1.165, 1.54) is 4.90 Å². The van der Waals surface area contributed by atoms with Crippen LogP contribution < -0.4 is 10.6 Å². The van der Waals surface area contributed by atoms with Gasteiger partial charge < -0.3 is 25.0 Å². The first-order valence-corrected chi connectivity index (χ1v) is 12.4. The molecule has 2 N–H and O–H groups in total. The van der Waals surface area contributed by atoms with Gasteiger partial charge in [-0.2, -0.15) is 12.6 Å². The van der Waals surface area contributed by atoms with Crippen LogP contribution in [0, 0.1) is 6.92 Å². The van der Waals surface area contributed by atoms with Gasteiger partial charge >= 0.3 is 12.1 Å². The minimum Gasteiger partial charge on any atom is -0.466 e. The van der Waals surface area contributed by atoms with Crippen LogP contribution in [0.1, 0.15) is 65.1 Å². The van der Waals surface area contributed by atoms with E-state index in [2.05, 4.69) is 23.3 Å². The monoisotopic (exact) mass is 509 g/mol. The Labute approximate surface area is 213 Å². The van der Waals surface area contributed by atoms with Gasteiger partial charge in [0.15, 0.2) is 0 Å². The van der Waals surface area contributed by atoms with Crippen molar-refractivity contribution in [2.45, 2.75) is 78.6 Å². The van der Waals surface area contributed by atoms with E-state index in [-0.39, 0.29) is 25.3 Å². The van der Waals surface area contributed by atoms with Crippen LogP contribution in [0.25, 0.3) is 0 Å². The Morgan fingerprint density at radius 2 is 1.80 bits per heavy atom. The Balaban J connectivity index is 3.26. The van der Waals surface area contributed by atoms with E-state index in [0.717, 1.165) is 5.56 Å². The molecule has 0 radical (unpaired) electrons. The SMILES string of the molecule is CCOC(=O)CCNC(=O)C(c1cccc(C)c1)N(C(=O)C(CS)NC(=O)OC(C)(C)C)C(C)C. The molecule has 0 bridgehead atoms. The van der Waals surface area contributed by atoms with Crippen LogP contribution in [-0.2, 0) is 23.9 Å². The van der Waals surface area contributed by atoms with Crippen LogP contribution in [0.4, 0.5) is 4.79 Å². The Bertz CT molecular complexity index is 884. The molecule has 0 spiro atoms.